The number of nitrogens with one attached hydrogen (secondary N) is 2. The maximum absolute atomic E-state index is 12.1. The third-order valence-electron chi connectivity index (χ3n) is 3.25. The molecule has 0 aromatic heterocycles. The van der Waals surface area contributed by atoms with Crippen molar-refractivity contribution in [3.63, 3.8) is 0 Å². The highest BCUT2D eigenvalue weighted by Crippen LogP contribution is 2.29. The summed E-state index contributed by atoms with van der Waals surface area (Å²) in [6, 6.07) is 5.15. The molecule has 1 aliphatic rings. The van der Waals surface area contributed by atoms with E-state index in [0.29, 0.717) is 22.3 Å². The number of morpholine rings is 1. The number of halogens is 2. The Morgan fingerprint density at radius 3 is 2.40 bits per heavy atom. The van der Waals surface area contributed by atoms with Crippen molar-refractivity contribution in [1.82, 2.24) is 0 Å². The van der Waals surface area contributed by atoms with Gasteiger partial charge in [0, 0.05) is 0 Å². The molecule has 1 aromatic carbocycles. The van der Waals surface area contributed by atoms with Gasteiger partial charge in [-0.2, -0.15) is 0 Å². The number of para-hydroxylation sites is 1. The number of carbonyl (C=O) groups is 1. The second-order valence-electron chi connectivity index (χ2n) is 5.24. The van der Waals surface area contributed by atoms with E-state index in [0.717, 1.165) is 13.1 Å². The molecule has 1 fully saturated rings. The number of quaternary nitrogens is 1. The molecule has 1 aliphatic heterocycles. The SMILES string of the molecule is C[C@@H]1C[NH+](CC(=O)Nc2c(Cl)cccc2Cl)C[C@@H](C)O1. The first-order chi connectivity index (χ1) is 9.45. The molecule has 0 saturated carbocycles. The maximum atomic E-state index is 12.1. The van der Waals surface area contributed by atoms with Crippen LogP contribution in [0.2, 0.25) is 10.0 Å². The summed E-state index contributed by atoms with van der Waals surface area (Å²) in [5, 5.41) is 3.69. The van der Waals surface area contributed by atoms with Gasteiger partial charge in [0.1, 0.15) is 25.3 Å². The van der Waals surface area contributed by atoms with Crippen LogP contribution in [0, 0.1) is 0 Å². The zero-order chi connectivity index (χ0) is 14.7. The minimum Gasteiger partial charge on any atom is -0.364 e. The van der Waals surface area contributed by atoms with Crippen molar-refractivity contribution in [1.29, 1.82) is 0 Å². The van der Waals surface area contributed by atoms with E-state index in [1.165, 1.54) is 4.90 Å². The first kappa shape index (κ1) is 15.6. The molecule has 1 aromatic rings. The van der Waals surface area contributed by atoms with Gasteiger partial charge in [0.05, 0.1) is 15.7 Å². The van der Waals surface area contributed by atoms with Crippen LogP contribution in [0.3, 0.4) is 0 Å². The maximum Gasteiger partial charge on any atom is 0.279 e. The number of rotatable bonds is 3. The Morgan fingerprint density at radius 1 is 1.30 bits per heavy atom. The van der Waals surface area contributed by atoms with E-state index < -0.39 is 0 Å². The van der Waals surface area contributed by atoms with E-state index >= 15 is 0 Å². The molecule has 1 saturated heterocycles. The third-order valence-corrected chi connectivity index (χ3v) is 3.88. The van der Waals surface area contributed by atoms with E-state index in [2.05, 4.69) is 5.32 Å². The van der Waals surface area contributed by atoms with Crippen LogP contribution in [-0.2, 0) is 9.53 Å². The average Bonchev–Trinajstić information content (AvgIpc) is 2.32. The zero-order valence-corrected chi connectivity index (χ0v) is 13.1. The van der Waals surface area contributed by atoms with Gasteiger partial charge in [-0.05, 0) is 26.0 Å². The zero-order valence-electron chi connectivity index (χ0n) is 11.6. The van der Waals surface area contributed by atoms with E-state index in [1.807, 2.05) is 13.8 Å². The van der Waals surface area contributed by atoms with Crippen molar-refractivity contribution in [3.8, 4) is 0 Å². The summed E-state index contributed by atoms with van der Waals surface area (Å²) in [5.41, 5.74) is 0.481. The highest BCUT2D eigenvalue weighted by molar-refractivity contribution is 6.39. The largest absolute Gasteiger partial charge is 0.364 e. The normalized spacial score (nSPS) is 26.3. The van der Waals surface area contributed by atoms with Gasteiger partial charge in [-0.1, -0.05) is 29.3 Å². The Morgan fingerprint density at radius 2 is 1.85 bits per heavy atom. The van der Waals surface area contributed by atoms with Gasteiger partial charge in [-0.3, -0.25) is 4.79 Å². The minimum absolute atomic E-state index is 0.0868. The number of amides is 1. The lowest BCUT2D eigenvalue weighted by Gasteiger charge is -2.31. The lowest BCUT2D eigenvalue weighted by molar-refractivity contribution is -0.907. The van der Waals surface area contributed by atoms with Gasteiger partial charge in [-0.15, -0.1) is 0 Å². The molecule has 2 N–H and O–H groups in total. The fourth-order valence-electron chi connectivity index (χ4n) is 2.56. The van der Waals surface area contributed by atoms with Crippen LogP contribution >= 0.6 is 23.2 Å². The van der Waals surface area contributed by atoms with Gasteiger partial charge in [0.2, 0.25) is 0 Å². The number of hydrogen-bond donors (Lipinski definition) is 2. The summed E-state index contributed by atoms with van der Waals surface area (Å²) < 4.78 is 5.66. The fraction of sp³-hybridized carbons (Fsp3) is 0.500. The second-order valence-corrected chi connectivity index (χ2v) is 6.05. The number of anilines is 1. The highest BCUT2D eigenvalue weighted by Gasteiger charge is 2.27. The quantitative estimate of drug-likeness (QED) is 0.889. The monoisotopic (exact) mass is 317 g/mol. The van der Waals surface area contributed by atoms with Gasteiger partial charge >= 0.3 is 0 Å². The smallest absolute Gasteiger partial charge is 0.279 e. The topological polar surface area (TPSA) is 42.8 Å². The summed E-state index contributed by atoms with van der Waals surface area (Å²) in [4.78, 5) is 13.3. The van der Waals surface area contributed by atoms with Crippen LogP contribution in [0.5, 0.6) is 0 Å². The van der Waals surface area contributed by atoms with Crippen molar-refractivity contribution in [2.24, 2.45) is 0 Å². The molecule has 20 heavy (non-hydrogen) atoms. The predicted molar refractivity (Wildman–Crippen MR) is 80.7 cm³/mol. The highest BCUT2D eigenvalue weighted by atomic mass is 35.5. The summed E-state index contributed by atoms with van der Waals surface area (Å²) in [7, 11) is 0. The Kier molecular flexibility index (Phi) is 5.27. The Hall–Kier alpha value is -0.810. The van der Waals surface area contributed by atoms with Crippen LogP contribution < -0.4 is 10.2 Å². The molecule has 4 nitrogen and oxygen atoms in total. The summed E-state index contributed by atoms with van der Waals surface area (Å²) in [6.45, 7) is 6.10. The van der Waals surface area contributed by atoms with Crippen molar-refractivity contribution in [3.05, 3.63) is 28.2 Å². The molecule has 0 aliphatic carbocycles. The van der Waals surface area contributed by atoms with Crippen LogP contribution in [0.15, 0.2) is 18.2 Å². The number of carbonyl (C=O) groups excluding carboxylic acids is 1. The van der Waals surface area contributed by atoms with Crippen LogP contribution in [0.25, 0.3) is 0 Å². The van der Waals surface area contributed by atoms with Gasteiger partial charge < -0.3 is 15.0 Å². The second kappa shape index (κ2) is 6.76. The molecule has 1 heterocycles. The summed E-state index contributed by atoms with van der Waals surface area (Å²) in [5.74, 6) is -0.0868. The van der Waals surface area contributed by atoms with Crippen molar-refractivity contribution in [2.45, 2.75) is 26.1 Å². The lowest BCUT2D eigenvalue weighted by Crippen LogP contribution is -3.16. The molecule has 6 heteroatoms. The molecule has 2 atom stereocenters. The van der Waals surface area contributed by atoms with Gasteiger partial charge in [-0.25, -0.2) is 0 Å². The fourth-order valence-corrected chi connectivity index (χ4v) is 3.05. The summed E-state index contributed by atoms with van der Waals surface area (Å²) in [6.07, 6.45) is 0.343. The molecular formula is C14H19Cl2N2O2+. The molecule has 0 unspecified atom stereocenters. The van der Waals surface area contributed by atoms with Crippen molar-refractivity contribution in [2.75, 3.05) is 25.0 Å². The van der Waals surface area contributed by atoms with E-state index in [4.69, 9.17) is 27.9 Å². The van der Waals surface area contributed by atoms with Gasteiger partial charge in [0.15, 0.2) is 6.54 Å². The van der Waals surface area contributed by atoms with Gasteiger partial charge in [0.25, 0.3) is 5.91 Å². The number of benzene rings is 1. The molecule has 0 bridgehead atoms. The Labute approximate surface area is 129 Å². The minimum atomic E-state index is -0.0868. The average molecular weight is 318 g/mol. The first-order valence-corrected chi connectivity index (χ1v) is 7.44. The molecule has 0 radical (unpaired) electrons. The van der Waals surface area contributed by atoms with E-state index in [9.17, 15) is 4.79 Å². The predicted octanol–water partition coefficient (Wildman–Crippen LogP) is 1.62. The van der Waals surface area contributed by atoms with E-state index in [-0.39, 0.29) is 18.1 Å². The number of ether oxygens (including phenoxy) is 1. The van der Waals surface area contributed by atoms with E-state index in [1.54, 1.807) is 18.2 Å². The van der Waals surface area contributed by atoms with Crippen LogP contribution in [0.4, 0.5) is 5.69 Å². The summed E-state index contributed by atoms with van der Waals surface area (Å²) >= 11 is 12.1. The lowest BCUT2D eigenvalue weighted by atomic mass is 10.2. The molecule has 110 valence electrons. The number of hydrogen-bond acceptors (Lipinski definition) is 2. The third kappa shape index (κ3) is 4.09. The van der Waals surface area contributed by atoms with Crippen molar-refractivity contribution < 1.29 is 14.4 Å². The first-order valence-electron chi connectivity index (χ1n) is 6.68. The van der Waals surface area contributed by atoms with Crippen LogP contribution in [0.1, 0.15) is 13.8 Å². The molecule has 0 spiro atoms. The molecule has 2 rings (SSSR count). The molecular weight excluding hydrogens is 299 g/mol. The Balaban J connectivity index is 1.95. The standard InChI is InChI=1S/C14H18Cl2N2O2/c1-9-6-18(7-10(2)20-9)8-13(19)17-14-11(15)4-3-5-12(14)16/h3-5,9-10H,6-8H2,1-2H3,(H,17,19)/p+1/t9-,10-/m1/s1. The Bertz CT molecular complexity index is 466. The van der Waals surface area contributed by atoms with Crippen LogP contribution in [-0.4, -0.2) is 37.7 Å². The molecule has 1 amide bonds. The van der Waals surface area contributed by atoms with Crippen molar-refractivity contribution >= 4 is 34.8 Å².